The molecule has 6 heteroatoms. The van der Waals surface area contributed by atoms with Crippen molar-refractivity contribution in [3.05, 3.63) is 29.8 Å². The Kier molecular flexibility index (Phi) is 6.55. The van der Waals surface area contributed by atoms with Crippen molar-refractivity contribution in [2.24, 2.45) is 0 Å². The maximum absolute atomic E-state index is 12.0. The van der Waals surface area contributed by atoms with Gasteiger partial charge in [0, 0.05) is 12.1 Å². The van der Waals surface area contributed by atoms with Crippen molar-refractivity contribution in [1.29, 1.82) is 0 Å². The molecule has 0 aliphatic heterocycles. The molecule has 0 aromatic heterocycles. The van der Waals surface area contributed by atoms with E-state index in [1.54, 1.807) is 19.1 Å². The molecule has 1 rings (SSSR count). The zero-order valence-corrected chi connectivity index (χ0v) is 12.5. The second kappa shape index (κ2) is 7.93. The van der Waals surface area contributed by atoms with Crippen LogP contribution < -0.4 is 10.1 Å². The molecule has 21 heavy (non-hydrogen) atoms. The molecule has 0 bridgehead atoms. The molecule has 0 spiro atoms. The average molecular weight is 301 g/mol. The fraction of sp³-hybridized carbons (Fsp3) is 0.533. The highest BCUT2D eigenvalue weighted by atomic mass is 19.3. The smallest absolute Gasteiger partial charge is 0.387 e. The lowest BCUT2D eigenvalue weighted by atomic mass is 10.0. The van der Waals surface area contributed by atoms with Crippen molar-refractivity contribution < 1.29 is 23.0 Å². The summed E-state index contributed by atoms with van der Waals surface area (Å²) >= 11 is 0. The number of ether oxygens (including phenoxy) is 2. The predicted octanol–water partition coefficient (Wildman–Crippen LogP) is 3.11. The van der Waals surface area contributed by atoms with Crippen LogP contribution in [0.2, 0.25) is 0 Å². The third-order valence-electron chi connectivity index (χ3n) is 2.81. The van der Waals surface area contributed by atoms with E-state index in [1.807, 2.05) is 13.8 Å². The first-order valence-corrected chi connectivity index (χ1v) is 6.77. The second-order valence-corrected chi connectivity index (χ2v) is 5.24. The molecule has 0 radical (unpaired) electrons. The van der Waals surface area contributed by atoms with E-state index in [4.69, 9.17) is 4.74 Å². The van der Waals surface area contributed by atoms with E-state index in [-0.39, 0.29) is 18.1 Å². The number of carbonyl (C=O) groups is 1. The van der Waals surface area contributed by atoms with Crippen LogP contribution in [0.25, 0.3) is 0 Å². The topological polar surface area (TPSA) is 47.6 Å². The molecule has 0 fully saturated rings. The first-order valence-electron chi connectivity index (χ1n) is 6.77. The van der Waals surface area contributed by atoms with Crippen LogP contribution in [0.1, 0.15) is 32.8 Å². The molecular weight excluding hydrogens is 280 g/mol. The first-order chi connectivity index (χ1) is 9.82. The van der Waals surface area contributed by atoms with Gasteiger partial charge in [0.2, 0.25) is 0 Å². The Labute approximate surface area is 123 Å². The Balaban J connectivity index is 2.48. The predicted molar refractivity (Wildman–Crippen MR) is 75.2 cm³/mol. The minimum absolute atomic E-state index is 0.125. The Bertz CT molecular complexity index is 447. The fourth-order valence-corrected chi connectivity index (χ4v) is 1.77. The molecule has 4 nitrogen and oxygen atoms in total. The highest BCUT2D eigenvalue weighted by molar-refractivity contribution is 5.70. The van der Waals surface area contributed by atoms with Crippen LogP contribution in [0.15, 0.2) is 24.3 Å². The maximum Gasteiger partial charge on any atom is 0.387 e. The number of hydrogen-bond acceptors (Lipinski definition) is 4. The average Bonchev–Trinajstić information content (AvgIpc) is 2.37. The Morgan fingerprint density at radius 2 is 1.90 bits per heavy atom. The van der Waals surface area contributed by atoms with Crippen LogP contribution in [0.3, 0.4) is 0 Å². The van der Waals surface area contributed by atoms with Crippen LogP contribution >= 0.6 is 0 Å². The minimum atomic E-state index is -2.82. The molecule has 0 aliphatic rings. The largest absolute Gasteiger partial charge is 0.466 e. The molecule has 118 valence electrons. The van der Waals surface area contributed by atoms with E-state index in [0.29, 0.717) is 13.2 Å². The van der Waals surface area contributed by atoms with Crippen molar-refractivity contribution in [3.8, 4) is 5.75 Å². The number of nitrogens with one attached hydrogen (secondary N) is 1. The molecular formula is C15H21F2NO3. The lowest BCUT2D eigenvalue weighted by molar-refractivity contribution is -0.144. The third kappa shape index (κ3) is 7.04. The van der Waals surface area contributed by atoms with E-state index in [2.05, 4.69) is 10.1 Å². The van der Waals surface area contributed by atoms with Crippen LogP contribution in [0.5, 0.6) is 5.75 Å². The van der Waals surface area contributed by atoms with Gasteiger partial charge < -0.3 is 14.8 Å². The molecule has 1 aromatic rings. The van der Waals surface area contributed by atoms with Gasteiger partial charge in [0.1, 0.15) is 5.75 Å². The summed E-state index contributed by atoms with van der Waals surface area (Å²) in [6.45, 7) is 3.62. The SMILES string of the molecule is CCOC(=O)CC(C)(C)NCc1ccc(OC(F)F)cc1. The standard InChI is InChI=1S/C15H21F2NO3/c1-4-20-13(19)9-15(2,3)18-10-11-5-7-12(8-6-11)21-14(16)17/h5-8,14,18H,4,9-10H2,1-3H3. The number of benzene rings is 1. The van der Waals surface area contributed by atoms with E-state index in [1.165, 1.54) is 12.1 Å². The van der Waals surface area contributed by atoms with E-state index in [9.17, 15) is 13.6 Å². The van der Waals surface area contributed by atoms with Gasteiger partial charge in [-0.2, -0.15) is 8.78 Å². The Morgan fingerprint density at radius 3 is 2.43 bits per heavy atom. The lowest BCUT2D eigenvalue weighted by Crippen LogP contribution is -2.41. The summed E-state index contributed by atoms with van der Waals surface area (Å²) in [5.74, 6) is -0.129. The van der Waals surface area contributed by atoms with Gasteiger partial charge in [0.05, 0.1) is 13.0 Å². The van der Waals surface area contributed by atoms with Gasteiger partial charge in [-0.3, -0.25) is 4.79 Å². The monoisotopic (exact) mass is 301 g/mol. The van der Waals surface area contributed by atoms with Gasteiger partial charge in [0.15, 0.2) is 0 Å². The summed E-state index contributed by atoms with van der Waals surface area (Å²) in [5, 5.41) is 3.24. The number of hydrogen-bond donors (Lipinski definition) is 1. The minimum Gasteiger partial charge on any atom is -0.466 e. The van der Waals surface area contributed by atoms with Gasteiger partial charge in [0.25, 0.3) is 0 Å². The number of alkyl halides is 2. The second-order valence-electron chi connectivity index (χ2n) is 5.24. The van der Waals surface area contributed by atoms with Crippen molar-refractivity contribution in [2.75, 3.05) is 6.61 Å². The van der Waals surface area contributed by atoms with Gasteiger partial charge in [-0.25, -0.2) is 0 Å². The zero-order chi connectivity index (χ0) is 15.9. The molecule has 1 aromatic carbocycles. The summed E-state index contributed by atoms with van der Waals surface area (Å²) in [4.78, 5) is 11.5. The fourth-order valence-electron chi connectivity index (χ4n) is 1.77. The number of carbonyl (C=O) groups excluding carboxylic acids is 1. The number of esters is 1. The van der Waals surface area contributed by atoms with Gasteiger partial charge in [-0.1, -0.05) is 12.1 Å². The molecule has 1 N–H and O–H groups in total. The molecule has 0 saturated heterocycles. The molecule has 0 atom stereocenters. The van der Waals surface area contributed by atoms with Crippen molar-refractivity contribution in [3.63, 3.8) is 0 Å². The summed E-state index contributed by atoms with van der Waals surface area (Å²) in [7, 11) is 0. The number of halogens is 2. The normalized spacial score (nSPS) is 11.5. The third-order valence-corrected chi connectivity index (χ3v) is 2.81. The van der Waals surface area contributed by atoms with Gasteiger partial charge in [-0.05, 0) is 38.5 Å². The molecule has 0 amide bonds. The number of rotatable bonds is 8. The quantitative estimate of drug-likeness (QED) is 0.750. The van der Waals surface area contributed by atoms with Crippen LogP contribution in [0.4, 0.5) is 8.78 Å². The highest BCUT2D eigenvalue weighted by Gasteiger charge is 2.22. The molecule has 0 aliphatic carbocycles. The zero-order valence-electron chi connectivity index (χ0n) is 12.5. The van der Waals surface area contributed by atoms with Gasteiger partial charge in [-0.15, -0.1) is 0 Å². The van der Waals surface area contributed by atoms with E-state index in [0.717, 1.165) is 5.56 Å². The van der Waals surface area contributed by atoms with Crippen LogP contribution in [-0.2, 0) is 16.1 Å². The summed E-state index contributed by atoms with van der Waals surface area (Å²) < 4.78 is 33.3. The van der Waals surface area contributed by atoms with Crippen molar-refractivity contribution in [1.82, 2.24) is 5.32 Å². The molecule has 0 heterocycles. The van der Waals surface area contributed by atoms with Crippen LogP contribution in [0, 0.1) is 0 Å². The Morgan fingerprint density at radius 1 is 1.29 bits per heavy atom. The highest BCUT2D eigenvalue weighted by Crippen LogP contribution is 2.16. The lowest BCUT2D eigenvalue weighted by Gasteiger charge is -2.25. The summed E-state index contributed by atoms with van der Waals surface area (Å²) in [6.07, 6.45) is 0.257. The van der Waals surface area contributed by atoms with E-state index >= 15 is 0 Å². The van der Waals surface area contributed by atoms with Crippen LogP contribution in [-0.4, -0.2) is 24.7 Å². The summed E-state index contributed by atoms with van der Waals surface area (Å²) in [6, 6.07) is 6.37. The van der Waals surface area contributed by atoms with Crippen molar-refractivity contribution >= 4 is 5.97 Å². The van der Waals surface area contributed by atoms with Gasteiger partial charge >= 0.3 is 12.6 Å². The Hall–Kier alpha value is -1.69. The molecule has 0 unspecified atom stereocenters. The van der Waals surface area contributed by atoms with E-state index < -0.39 is 12.2 Å². The van der Waals surface area contributed by atoms with Crippen molar-refractivity contribution in [2.45, 2.75) is 45.9 Å². The maximum atomic E-state index is 12.0. The summed E-state index contributed by atoms with van der Waals surface area (Å²) in [5.41, 5.74) is 0.498. The first kappa shape index (κ1) is 17.4. The molecule has 0 saturated carbocycles.